The molecule has 2 heterocycles. The van der Waals surface area contributed by atoms with Crippen molar-refractivity contribution < 1.29 is 26.5 Å². The molecule has 0 atom stereocenters. The van der Waals surface area contributed by atoms with Crippen molar-refractivity contribution in [1.29, 1.82) is 0 Å². The van der Waals surface area contributed by atoms with Crippen molar-refractivity contribution in [3.05, 3.63) is 46.4 Å². The number of aromatic nitrogens is 1. The average molecular weight is 539 g/mol. The van der Waals surface area contributed by atoms with Crippen LogP contribution in [0.5, 0.6) is 5.88 Å². The normalized spacial score (nSPS) is 14.4. The molecule has 0 unspecified atom stereocenters. The van der Waals surface area contributed by atoms with Crippen LogP contribution in [0.3, 0.4) is 0 Å². The highest BCUT2D eigenvalue weighted by atomic mass is 32.2. The van der Waals surface area contributed by atoms with Gasteiger partial charge in [-0.1, -0.05) is 26.0 Å². The zero-order valence-corrected chi connectivity index (χ0v) is 22.1. The molecule has 0 aliphatic carbocycles. The van der Waals surface area contributed by atoms with E-state index >= 15 is 0 Å². The van der Waals surface area contributed by atoms with E-state index in [9.17, 15) is 26.8 Å². The lowest BCUT2D eigenvalue weighted by molar-refractivity contribution is 0.314. The van der Waals surface area contributed by atoms with Gasteiger partial charge in [-0.3, -0.25) is 4.55 Å². The molecule has 0 saturated carbocycles. The maximum atomic E-state index is 12.8. The summed E-state index contributed by atoms with van der Waals surface area (Å²) in [5.74, 6) is -0.238. The van der Waals surface area contributed by atoms with Crippen molar-refractivity contribution in [2.75, 3.05) is 32.9 Å². The van der Waals surface area contributed by atoms with Gasteiger partial charge in [0.05, 0.1) is 16.7 Å². The molecule has 0 fully saturated rings. The number of fused-ring (bicyclic) bond motifs is 3. The molecule has 2 aromatic carbocycles. The quantitative estimate of drug-likeness (QED) is 0.318. The number of nitroso groups, excluding NO2 is 1. The summed E-state index contributed by atoms with van der Waals surface area (Å²) < 4.78 is 52.9. The lowest BCUT2D eigenvalue weighted by Crippen LogP contribution is -2.30. The molecule has 4 rings (SSSR count). The van der Waals surface area contributed by atoms with Crippen molar-refractivity contribution >= 4 is 36.7 Å². The average Bonchev–Trinajstić information content (AvgIpc) is 3.13. The van der Waals surface area contributed by atoms with Crippen molar-refractivity contribution in [1.82, 2.24) is 14.2 Å². The maximum absolute atomic E-state index is 12.8. The second-order valence-electron chi connectivity index (χ2n) is 8.55. The van der Waals surface area contributed by atoms with E-state index in [4.69, 9.17) is 4.55 Å². The van der Waals surface area contributed by atoms with E-state index in [1.54, 1.807) is 24.3 Å². The summed E-state index contributed by atoms with van der Waals surface area (Å²) >= 11 is 0. The highest BCUT2D eigenvalue weighted by molar-refractivity contribution is 7.89. The van der Waals surface area contributed by atoms with Gasteiger partial charge in [-0.05, 0) is 59.1 Å². The summed E-state index contributed by atoms with van der Waals surface area (Å²) in [6.07, 6.45) is 1.52. The van der Waals surface area contributed by atoms with Gasteiger partial charge in [0, 0.05) is 31.6 Å². The van der Waals surface area contributed by atoms with Crippen LogP contribution in [-0.2, 0) is 33.1 Å². The zero-order valence-electron chi connectivity index (χ0n) is 20.5. The molecule has 0 amide bonds. The van der Waals surface area contributed by atoms with Gasteiger partial charge in [0.2, 0.25) is 15.9 Å². The molecule has 0 bridgehead atoms. The van der Waals surface area contributed by atoms with Crippen LogP contribution < -0.4 is 0 Å². The molecule has 13 heteroatoms. The molecule has 0 saturated heterocycles. The highest BCUT2D eigenvalue weighted by Crippen LogP contribution is 2.43. The number of nitrogens with one attached hydrogen (secondary N) is 1. The van der Waals surface area contributed by atoms with Crippen LogP contribution >= 0.6 is 0 Å². The second kappa shape index (κ2) is 10.6. The van der Waals surface area contributed by atoms with E-state index in [1.807, 2.05) is 27.0 Å². The van der Waals surface area contributed by atoms with Gasteiger partial charge in [0.25, 0.3) is 10.1 Å². The maximum Gasteiger partial charge on any atom is 0.261 e. The highest BCUT2D eigenvalue weighted by Gasteiger charge is 2.25. The Morgan fingerprint density at radius 2 is 1.67 bits per heavy atom. The molecule has 0 radical (unpaired) electrons. The molecule has 3 aromatic rings. The fourth-order valence-electron chi connectivity index (χ4n) is 4.40. The Labute approximate surface area is 210 Å². The predicted octanol–water partition coefficient (Wildman–Crippen LogP) is 3.46. The minimum absolute atomic E-state index is 0.00647. The van der Waals surface area contributed by atoms with Crippen LogP contribution in [0.25, 0.3) is 22.0 Å². The number of nitrogens with zero attached hydrogens (tertiary/aromatic N) is 3. The minimum Gasteiger partial charge on any atom is -0.493 e. The van der Waals surface area contributed by atoms with Gasteiger partial charge in [-0.15, -0.1) is 4.91 Å². The number of hydrogen-bond donors (Lipinski definition) is 3. The number of rotatable bonds is 6. The smallest absolute Gasteiger partial charge is 0.261 e. The molecule has 1 aliphatic heterocycles. The third kappa shape index (κ3) is 5.76. The monoisotopic (exact) mass is 538 g/mol. The van der Waals surface area contributed by atoms with Crippen molar-refractivity contribution in [3.8, 4) is 17.0 Å². The first-order chi connectivity index (χ1) is 16.8. The van der Waals surface area contributed by atoms with E-state index in [0.717, 1.165) is 40.7 Å². The number of sulfonamides is 1. The molecule has 3 N–H and O–H groups in total. The molecule has 11 nitrogen and oxygen atoms in total. The second-order valence-corrected chi connectivity index (χ2v) is 12.0. The Balaban J connectivity index is 0.000000658. The number of aromatic amines is 1. The van der Waals surface area contributed by atoms with Crippen molar-refractivity contribution in [2.45, 2.75) is 31.7 Å². The molecule has 196 valence electrons. The summed E-state index contributed by atoms with van der Waals surface area (Å²) in [7, 11) is -5.18. The standard InChI is InChI=1S/C22H26N4O4S.CH4O3S/c1-4-26(5-2)31(29,30)15-8-6-14(7-9-15)17-12-18-20(23-22(27)21(18)24-28)19-13-25(3)11-10-16(17)19;1-5(2,3)4/h6-9,12,23,27H,4-5,10-11,13H2,1-3H3;1H3,(H,2,3,4). The van der Waals surface area contributed by atoms with Crippen LogP contribution in [0.1, 0.15) is 25.0 Å². The summed E-state index contributed by atoms with van der Waals surface area (Å²) in [6, 6.07) is 8.72. The topological polar surface area (TPSA) is 160 Å². The van der Waals surface area contributed by atoms with E-state index < -0.39 is 20.1 Å². The summed E-state index contributed by atoms with van der Waals surface area (Å²) in [5.41, 5.74) is 4.64. The number of H-pyrrole nitrogens is 1. The molecule has 36 heavy (non-hydrogen) atoms. The van der Waals surface area contributed by atoms with Gasteiger partial charge in [-0.2, -0.15) is 12.7 Å². The van der Waals surface area contributed by atoms with Gasteiger partial charge >= 0.3 is 0 Å². The summed E-state index contributed by atoms with van der Waals surface area (Å²) in [4.78, 5) is 16.7. The number of benzene rings is 2. The van der Waals surface area contributed by atoms with Gasteiger partial charge in [0.1, 0.15) is 0 Å². The van der Waals surface area contributed by atoms with Crippen molar-refractivity contribution in [2.24, 2.45) is 5.18 Å². The van der Waals surface area contributed by atoms with Crippen LogP contribution in [0.4, 0.5) is 5.69 Å². The van der Waals surface area contributed by atoms with Crippen LogP contribution in [0.15, 0.2) is 40.4 Å². The number of hydrogen-bond acceptors (Lipinski definition) is 8. The Morgan fingerprint density at radius 1 is 1.08 bits per heavy atom. The largest absolute Gasteiger partial charge is 0.493 e. The van der Waals surface area contributed by atoms with E-state index in [0.29, 0.717) is 31.3 Å². The third-order valence-corrected chi connectivity index (χ3v) is 8.11. The number of likely N-dealkylation sites (N-methyl/N-ethyl adjacent to an activating group) is 1. The Kier molecular flexibility index (Phi) is 8.20. The summed E-state index contributed by atoms with van der Waals surface area (Å²) in [5, 5.41) is 13.7. The van der Waals surface area contributed by atoms with Gasteiger partial charge in [0.15, 0.2) is 5.69 Å². The SMILES string of the molecule is CCN(CC)S(=O)(=O)c1ccc(-c2cc3c(N=O)c(O)[nH]c3c3c2CCN(C)C3)cc1.CS(=O)(=O)O. The third-order valence-electron chi connectivity index (χ3n) is 6.04. The predicted molar refractivity (Wildman–Crippen MR) is 138 cm³/mol. The minimum atomic E-state index is -3.67. The Hall–Kier alpha value is -2.84. The first-order valence-electron chi connectivity index (χ1n) is 11.3. The van der Waals surface area contributed by atoms with E-state index in [1.165, 1.54) is 4.31 Å². The Morgan fingerprint density at radius 3 is 2.19 bits per heavy atom. The first kappa shape index (κ1) is 27.7. The molecule has 0 spiro atoms. The van der Waals surface area contributed by atoms with Gasteiger partial charge in [-0.25, -0.2) is 8.42 Å². The summed E-state index contributed by atoms with van der Waals surface area (Å²) in [6.45, 7) is 6.02. The van der Waals surface area contributed by atoms with E-state index in [-0.39, 0.29) is 16.5 Å². The molecular weight excluding hydrogens is 508 g/mol. The zero-order chi connectivity index (χ0) is 26.8. The molecule has 1 aromatic heterocycles. The van der Waals surface area contributed by atoms with Crippen LogP contribution in [0.2, 0.25) is 0 Å². The van der Waals surface area contributed by atoms with Crippen LogP contribution in [0, 0.1) is 4.91 Å². The fraction of sp³-hybridized carbons (Fsp3) is 0.391. The fourth-order valence-corrected chi connectivity index (χ4v) is 5.85. The Bertz CT molecular complexity index is 1470. The number of aromatic hydroxyl groups is 1. The van der Waals surface area contributed by atoms with Crippen molar-refractivity contribution in [3.63, 3.8) is 0 Å². The molecule has 1 aliphatic rings. The first-order valence-corrected chi connectivity index (χ1v) is 14.5. The van der Waals surface area contributed by atoms with Crippen LogP contribution in [-0.4, -0.2) is 73.6 Å². The van der Waals surface area contributed by atoms with Gasteiger partial charge < -0.3 is 15.0 Å². The van der Waals surface area contributed by atoms with E-state index in [2.05, 4.69) is 15.1 Å². The lowest BCUT2D eigenvalue weighted by Gasteiger charge is -2.27. The molecular formula is C23H30N4O7S2. The lowest BCUT2D eigenvalue weighted by atomic mass is 9.89.